The maximum atomic E-state index is 13.4. The summed E-state index contributed by atoms with van der Waals surface area (Å²) in [5.41, 5.74) is 7.84. The van der Waals surface area contributed by atoms with Crippen LogP contribution in [-0.2, 0) is 32.0 Å². The Bertz CT molecular complexity index is 1080. The van der Waals surface area contributed by atoms with E-state index < -0.39 is 47.9 Å². The van der Waals surface area contributed by atoms with Gasteiger partial charge < -0.3 is 26.8 Å². The summed E-state index contributed by atoms with van der Waals surface area (Å²) in [7, 11) is 0. The highest BCUT2D eigenvalue weighted by molar-refractivity contribution is 5.94. The number of aliphatic carboxylic acids is 1. The second-order valence-corrected chi connectivity index (χ2v) is 10.8. The van der Waals surface area contributed by atoms with Gasteiger partial charge in [-0.15, -0.1) is 0 Å². The SMILES string of the molecule is CC(C)CC(NC(=O)C(Cc1ccccc1)NC(=O)C(CC(C)C)NC(=O)C(N)Cc1ccccc1)C(=O)O. The molecule has 212 valence electrons. The summed E-state index contributed by atoms with van der Waals surface area (Å²) < 4.78 is 0. The molecule has 9 nitrogen and oxygen atoms in total. The van der Waals surface area contributed by atoms with Gasteiger partial charge in [-0.2, -0.15) is 0 Å². The van der Waals surface area contributed by atoms with Gasteiger partial charge >= 0.3 is 5.97 Å². The molecule has 3 amide bonds. The normalized spacial score (nSPS) is 14.2. The third-order valence-electron chi connectivity index (χ3n) is 6.21. The maximum absolute atomic E-state index is 13.4. The van der Waals surface area contributed by atoms with Crippen molar-refractivity contribution in [3.8, 4) is 0 Å². The predicted molar refractivity (Wildman–Crippen MR) is 151 cm³/mol. The smallest absolute Gasteiger partial charge is 0.326 e. The average Bonchev–Trinajstić information content (AvgIpc) is 2.88. The Morgan fingerprint density at radius 2 is 1.05 bits per heavy atom. The van der Waals surface area contributed by atoms with Crippen LogP contribution in [0, 0.1) is 11.8 Å². The Morgan fingerprint density at radius 3 is 1.54 bits per heavy atom. The molecular formula is C30H42N4O5. The quantitative estimate of drug-likeness (QED) is 0.235. The first kappa shape index (κ1) is 31.5. The van der Waals surface area contributed by atoms with Crippen LogP contribution >= 0.6 is 0 Å². The van der Waals surface area contributed by atoms with Crippen molar-refractivity contribution in [2.75, 3.05) is 0 Å². The lowest BCUT2D eigenvalue weighted by Crippen LogP contribution is -2.58. The minimum atomic E-state index is -1.14. The van der Waals surface area contributed by atoms with E-state index in [-0.39, 0.29) is 24.7 Å². The van der Waals surface area contributed by atoms with Gasteiger partial charge in [0.05, 0.1) is 6.04 Å². The molecule has 0 heterocycles. The number of rotatable bonds is 15. The molecular weight excluding hydrogens is 496 g/mol. The molecule has 0 bridgehead atoms. The van der Waals surface area contributed by atoms with Crippen LogP contribution in [-0.4, -0.2) is 53.0 Å². The van der Waals surface area contributed by atoms with Gasteiger partial charge in [-0.3, -0.25) is 14.4 Å². The van der Waals surface area contributed by atoms with Crippen LogP contribution in [0.3, 0.4) is 0 Å². The zero-order chi connectivity index (χ0) is 28.9. The second kappa shape index (κ2) is 15.6. The Morgan fingerprint density at radius 1 is 0.641 bits per heavy atom. The molecule has 0 fully saturated rings. The molecule has 0 aliphatic rings. The zero-order valence-electron chi connectivity index (χ0n) is 23.2. The minimum Gasteiger partial charge on any atom is -0.480 e. The Hall–Kier alpha value is -3.72. The fraction of sp³-hybridized carbons (Fsp3) is 0.467. The highest BCUT2D eigenvalue weighted by Gasteiger charge is 2.31. The van der Waals surface area contributed by atoms with E-state index >= 15 is 0 Å². The van der Waals surface area contributed by atoms with Crippen LogP contribution in [0.1, 0.15) is 51.7 Å². The highest BCUT2D eigenvalue weighted by atomic mass is 16.4. The standard InChI is InChI=1S/C30H42N4O5/c1-19(2)15-24(32-27(35)23(31)17-21-11-7-5-8-12-21)28(36)33-25(18-22-13-9-6-10-14-22)29(37)34-26(30(38)39)16-20(3)4/h5-14,19-20,23-26H,15-18,31H2,1-4H3,(H,32,35)(H,33,36)(H,34,37)(H,38,39). The molecule has 4 atom stereocenters. The highest BCUT2D eigenvalue weighted by Crippen LogP contribution is 2.11. The monoisotopic (exact) mass is 538 g/mol. The summed E-state index contributed by atoms with van der Waals surface area (Å²) in [5.74, 6) is -2.63. The van der Waals surface area contributed by atoms with E-state index in [0.29, 0.717) is 12.8 Å². The topological polar surface area (TPSA) is 151 Å². The van der Waals surface area contributed by atoms with Gasteiger partial charge in [0.15, 0.2) is 0 Å². The molecule has 0 aliphatic heterocycles. The largest absolute Gasteiger partial charge is 0.480 e. The number of carbonyl (C=O) groups excluding carboxylic acids is 3. The van der Waals surface area contributed by atoms with Crippen LogP contribution in [0.5, 0.6) is 0 Å². The maximum Gasteiger partial charge on any atom is 0.326 e. The number of amides is 3. The lowest BCUT2D eigenvalue weighted by atomic mass is 9.99. The van der Waals surface area contributed by atoms with E-state index in [1.54, 1.807) is 0 Å². The number of nitrogens with one attached hydrogen (secondary N) is 3. The van der Waals surface area contributed by atoms with E-state index in [0.717, 1.165) is 11.1 Å². The third kappa shape index (κ3) is 11.3. The summed E-state index contributed by atoms with van der Waals surface area (Å²) in [4.78, 5) is 51.4. The van der Waals surface area contributed by atoms with Crippen molar-refractivity contribution in [2.24, 2.45) is 17.6 Å². The number of hydrogen-bond acceptors (Lipinski definition) is 5. The van der Waals surface area contributed by atoms with Crippen LogP contribution < -0.4 is 21.7 Å². The summed E-state index contributed by atoms with van der Waals surface area (Å²) in [5, 5.41) is 17.7. The number of benzene rings is 2. The number of nitrogens with two attached hydrogens (primary N) is 1. The molecule has 2 rings (SSSR count). The number of carbonyl (C=O) groups is 4. The fourth-order valence-corrected chi connectivity index (χ4v) is 4.24. The third-order valence-corrected chi connectivity index (χ3v) is 6.21. The molecule has 4 unspecified atom stereocenters. The van der Waals surface area contributed by atoms with Crippen molar-refractivity contribution >= 4 is 23.7 Å². The summed E-state index contributed by atoms with van der Waals surface area (Å²) in [6.07, 6.45) is 1.05. The van der Waals surface area contributed by atoms with Gasteiger partial charge in [-0.25, -0.2) is 4.79 Å². The number of carboxylic acid groups (broad SMARTS) is 1. The minimum absolute atomic E-state index is 0.0410. The predicted octanol–water partition coefficient (Wildman–Crippen LogP) is 2.43. The van der Waals surface area contributed by atoms with Crippen LogP contribution in [0.15, 0.2) is 60.7 Å². The first-order chi connectivity index (χ1) is 18.5. The Kier molecular flexibility index (Phi) is 12.6. The van der Waals surface area contributed by atoms with Crippen molar-refractivity contribution in [3.63, 3.8) is 0 Å². The van der Waals surface area contributed by atoms with Gasteiger partial charge in [0.25, 0.3) is 0 Å². The molecule has 2 aromatic rings. The van der Waals surface area contributed by atoms with Crippen LogP contribution in [0.4, 0.5) is 0 Å². The summed E-state index contributed by atoms with van der Waals surface area (Å²) in [6.45, 7) is 7.59. The van der Waals surface area contributed by atoms with Crippen molar-refractivity contribution in [2.45, 2.75) is 77.5 Å². The summed E-state index contributed by atoms with van der Waals surface area (Å²) in [6, 6.07) is 14.6. The van der Waals surface area contributed by atoms with E-state index in [9.17, 15) is 24.3 Å². The molecule has 0 saturated carbocycles. The lowest BCUT2D eigenvalue weighted by Gasteiger charge is -2.26. The molecule has 2 aromatic carbocycles. The Labute approximate surface area is 230 Å². The average molecular weight is 539 g/mol. The first-order valence-electron chi connectivity index (χ1n) is 13.4. The molecule has 0 aliphatic carbocycles. The second-order valence-electron chi connectivity index (χ2n) is 10.8. The van der Waals surface area contributed by atoms with Crippen molar-refractivity contribution in [3.05, 3.63) is 71.8 Å². The van der Waals surface area contributed by atoms with Gasteiger partial charge in [-0.1, -0.05) is 88.4 Å². The van der Waals surface area contributed by atoms with Crippen molar-refractivity contribution in [1.82, 2.24) is 16.0 Å². The number of carboxylic acids is 1. The lowest BCUT2D eigenvalue weighted by molar-refractivity contribution is -0.142. The molecule has 9 heteroatoms. The molecule has 39 heavy (non-hydrogen) atoms. The number of hydrogen-bond donors (Lipinski definition) is 5. The first-order valence-corrected chi connectivity index (χ1v) is 13.4. The van der Waals surface area contributed by atoms with E-state index in [2.05, 4.69) is 16.0 Å². The van der Waals surface area contributed by atoms with Gasteiger partial charge in [0.2, 0.25) is 17.7 Å². The summed E-state index contributed by atoms with van der Waals surface area (Å²) >= 11 is 0. The molecule has 0 spiro atoms. The Balaban J connectivity index is 2.20. The molecule has 0 aromatic heterocycles. The fourth-order valence-electron chi connectivity index (χ4n) is 4.24. The van der Waals surface area contributed by atoms with E-state index in [1.165, 1.54) is 0 Å². The van der Waals surface area contributed by atoms with Crippen LogP contribution in [0.25, 0.3) is 0 Å². The zero-order valence-corrected chi connectivity index (χ0v) is 23.2. The van der Waals surface area contributed by atoms with E-state index in [4.69, 9.17) is 5.73 Å². The molecule has 0 saturated heterocycles. The van der Waals surface area contributed by atoms with E-state index in [1.807, 2.05) is 88.4 Å². The van der Waals surface area contributed by atoms with Gasteiger partial charge in [-0.05, 0) is 42.2 Å². The van der Waals surface area contributed by atoms with Gasteiger partial charge in [0.1, 0.15) is 18.1 Å². The van der Waals surface area contributed by atoms with Crippen molar-refractivity contribution < 1.29 is 24.3 Å². The molecule has 0 radical (unpaired) electrons. The van der Waals surface area contributed by atoms with Gasteiger partial charge in [0, 0.05) is 6.42 Å². The van der Waals surface area contributed by atoms with Crippen LogP contribution in [0.2, 0.25) is 0 Å². The molecule has 6 N–H and O–H groups in total. The van der Waals surface area contributed by atoms with Crippen molar-refractivity contribution in [1.29, 1.82) is 0 Å².